The van der Waals surface area contributed by atoms with Crippen molar-refractivity contribution in [3.63, 3.8) is 0 Å². The van der Waals surface area contributed by atoms with Crippen molar-refractivity contribution in [3.8, 4) is 23.0 Å². The number of hydrogen-bond donors (Lipinski definition) is 1. The summed E-state index contributed by atoms with van der Waals surface area (Å²) in [4.78, 5) is 15.0. The SMILES string of the molecule is COc1ccc2c(c1)C(CC(=O)NCc1ccco1)=C(C)/C2=C/c1cc(OC)c(OCCN(C)C)c(OC)c1. The Bertz CT molecular complexity index is 1350. The van der Waals surface area contributed by atoms with Crippen molar-refractivity contribution in [1.82, 2.24) is 10.2 Å². The lowest BCUT2D eigenvalue weighted by Crippen LogP contribution is -2.22. The lowest BCUT2D eigenvalue weighted by molar-refractivity contribution is -0.120. The zero-order chi connectivity index (χ0) is 27.9. The zero-order valence-corrected chi connectivity index (χ0v) is 23.4. The third-order valence-corrected chi connectivity index (χ3v) is 6.65. The van der Waals surface area contributed by atoms with Gasteiger partial charge < -0.3 is 33.6 Å². The fraction of sp³-hybridized carbons (Fsp3) is 0.323. The van der Waals surface area contributed by atoms with E-state index in [9.17, 15) is 4.79 Å². The van der Waals surface area contributed by atoms with Crippen molar-refractivity contribution in [1.29, 1.82) is 0 Å². The predicted molar refractivity (Wildman–Crippen MR) is 152 cm³/mol. The smallest absolute Gasteiger partial charge is 0.224 e. The van der Waals surface area contributed by atoms with Crippen molar-refractivity contribution >= 4 is 23.1 Å². The number of methoxy groups -OCH3 is 3. The van der Waals surface area contributed by atoms with Crippen LogP contribution in [0, 0.1) is 0 Å². The molecule has 0 atom stereocenters. The average Bonchev–Trinajstić information content (AvgIpc) is 3.54. The van der Waals surface area contributed by atoms with Gasteiger partial charge in [0.1, 0.15) is 18.1 Å². The lowest BCUT2D eigenvalue weighted by atomic mass is 10.00. The minimum atomic E-state index is -0.0849. The molecule has 1 N–H and O–H groups in total. The van der Waals surface area contributed by atoms with Crippen LogP contribution >= 0.6 is 0 Å². The molecule has 8 heteroatoms. The number of nitrogens with one attached hydrogen (secondary N) is 1. The first-order valence-corrected chi connectivity index (χ1v) is 12.8. The van der Waals surface area contributed by atoms with E-state index in [1.807, 2.05) is 62.3 Å². The Labute approximate surface area is 229 Å². The van der Waals surface area contributed by atoms with Crippen LogP contribution < -0.4 is 24.3 Å². The molecule has 206 valence electrons. The summed E-state index contributed by atoms with van der Waals surface area (Å²) in [6.45, 7) is 3.65. The second-order valence-corrected chi connectivity index (χ2v) is 9.51. The number of rotatable bonds is 12. The molecule has 39 heavy (non-hydrogen) atoms. The van der Waals surface area contributed by atoms with Crippen LogP contribution in [0.1, 0.15) is 35.8 Å². The van der Waals surface area contributed by atoms with E-state index >= 15 is 0 Å². The molecule has 0 radical (unpaired) electrons. The second kappa shape index (κ2) is 12.6. The molecule has 1 heterocycles. The van der Waals surface area contributed by atoms with Crippen LogP contribution in [-0.2, 0) is 11.3 Å². The monoisotopic (exact) mass is 532 g/mol. The average molecular weight is 533 g/mol. The molecular formula is C31H36N2O6. The maximum atomic E-state index is 12.9. The Morgan fingerprint density at radius 1 is 1.00 bits per heavy atom. The van der Waals surface area contributed by atoms with E-state index in [4.69, 9.17) is 23.4 Å². The number of nitrogens with zero attached hydrogens (tertiary/aromatic N) is 1. The third-order valence-electron chi connectivity index (χ3n) is 6.65. The van der Waals surface area contributed by atoms with Crippen LogP contribution in [0.2, 0.25) is 0 Å². The summed E-state index contributed by atoms with van der Waals surface area (Å²) < 4.78 is 28.2. The summed E-state index contributed by atoms with van der Waals surface area (Å²) in [6.07, 6.45) is 3.91. The molecule has 3 aromatic rings. The molecule has 0 aliphatic heterocycles. The Morgan fingerprint density at radius 2 is 1.74 bits per heavy atom. The summed E-state index contributed by atoms with van der Waals surface area (Å²) in [5.74, 6) is 3.11. The first-order chi connectivity index (χ1) is 18.8. The van der Waals surface area contributed by atoms with E-state index in [-0.39, 0.29) is 12.3 Å². The largest absolute Gasteiger partial charge is 0.497 e. The van der Waals surface area contributed by atoms with Gasteiger partial charge in [0.2, 0.25) is 11.7 Å². The molecule has 1 amide bonds. The molecule has 0 saturated heterocycles. The van der Waals surface area contributed by atoms with Crippen LogP contribution in [-0.4, -0.2) is 59.4 Å². The van der Waals surface area contributed by atoms with Gasteiger partial charge in [-0.1, -0.05) is 6.07 Å². The minimum Gasteiger partial charge on any atom is -0.497 e. The molecule has 0 spiro atoms. The first-order valence-electron chi connectivity index (χ1n) is 12.8. The molecule has 8 nitrogen and oxygen atoms in total. The molecule has 1 aromatic heterocycles. The maximum absolute atomic E-state index is 12.9. The van der Waals surface area contributed by atoms with Crippen LogP contribution in [0.3, 0.4) is 0 Å². The zero-order valence-electron chi connectivity index (χ0n) is 23.4. The van der Waals surface area contributed by atoms with Crippen molar-refractivity contribution in [3.05, 3.63) is 76.8 Å². The van der Waals surface area contributed by atoms with Gasteiger partial charge in [-0.2, -0.15) is 0 Å². The number of furan rings is 1. The van der Waals surface area contributed by atoms with Gasteiger partial charge in [-0.15, -0.1) is 0 Å². The highest BCUT2D eigenvalue weighted by atomic mass is 16.5. The van der Waals surface area contributed by atoms with Gasteiger partial charge in [0, 0.05) is 6.54 Å². The first kappa shape index (κ1) is 27.9. The molecule has 2 aromatic carbocycles. The van der Waals surface area contributed by atoms with Gasteiger partial charge in [0.05, 0.1) is 40.6 Å². The van der Waals surface area contributed by atoms with Crippen molar-refractivity contribution in [2.24, 2.45) is 0 Å². The number of likely N-dealkylation sites (N-methyl/N-ethyl adjacent to an activating group) is 1. The molecule has 0 unspecified atom stereocenters. The van der Waals surface area contributed by atoms with E-state index in [0.29, 0.717) is 36.2 Å². The van der Waals surface area contributed by atoms with E-state index in [2.05, 4.69) is 11.4 Å². The van der Waals surface area contributed by atoms with Crippen molar-refractivity contribution < 1.29 is 28.2 Å². The Hall–Kier alpha value is -4.17. The normalized spacial score (nSPS) is 13.6. The summed E-state index contributed by atoms with van der Waals surface area (Å²) in [5, 5.41) is 2.95. The Balaban J connectivity index is 1.68. The van der Waals surface area contributed by atoms with Crippen LogP contribution in [0.5, 0.6) is 23.0 Å². The van der Waals surface area contributed by atoms with Crippen LogP contribution in [0.15, 0.2) is 58.7 Å². The molecule has 0 bridgehead atoms. The maximum Gasteiger partial charge on any atom is 0.224 e. The molecule has 4 rings (SSSR count). The summed E-state index contributed by atoms with van der Waals surface area (Å²) >= 11 is 0. The lowest BCUT2D eigenvalue weighted by Gasteiger charge is -2.17. The van der Waals surface area contributed by atoms with E-state index in [1.165, 1.54) is 0 Å². The van der Waals surface area contributed by atoms with Gasteiger partial charge in [-0.3, -0.25) is 4.79 Å². The van der Waals surface area contributed by atoms with E-state index in [1.54, 1.807) is 33.7 Å². The number of ether oxygens (including phenoxy) is 4. The Kier molecular flexibility index (Phi) is 8.99. The topological polar surface area (TPSA) is 82.4 Å². The number of amides is 1. The van der Waals surface area contributed by atoms with Gasteiger partial charge in [0.15, 0.2) is 11.5 Å². The van der Waals surface area contributed by atoms with Gasteiger partial charge in [-0.25, -0.2) is 0 Å². The van der Waals surface area contributed by atoms with Crippen molar-refractivity contribution in [2.75, 3.05) is 48.6 Å². The fourth-order valence-electron chi connectivity index (χ4n) is 4.56. The Morgan fingerprint density at radius 3 is 2.36 bits per heavy atom. The number of carbonyl (C=O) groups excluding carboxylic acids is 1. The quantitative estimate of drug-likeness (QED) is 0.340. The molecule has 1 aliphatic carbocycles. The number of hydrogen-bond acceptors (Lipinski definition) is 7. The predicted octanol–water partition coefficient (Wildman–Crippen LogP) is 5.28. The van der Waals surface area contributed by atoms with Crippen molar-refractivity contribution in [2.45, 2.75) is 19.9 Å². The number of carbonyl (C=O) groups is 1. The third kappa shape index (κ3) is 6.46. The van der Waals surface area contributed by atoms with E-state index < -0.39 is 0 Å². The van der Waals surface area contributed by atoms with Gasteiger partial charge >= 0.3 is 0 Å². The van der Waals surface area contributed by atoms with Gasteiger partial charge in [0.25, 0.3) is 0 Å². The van der Waals surface area contributed by atoms with Gasteiger partial charge in [-0.05, 0) is 96.9 Å². The van der Waals surface area contributed by atoms with Crippen LogP contribution in [0.4, 0.5) is 0 Å². The molecule has 0 fully saturated rings. The fourth-order valence-corrected chi connectivity index (χ4v) is 4.56. The second-order valence-electron chi connectivity index (χ2n) is 9.51. The summed E-state index contributed by atoms with van der Waals surface area (Å²) in [6, 6.07) is 13.5. The standard InChI is InChI=1S/C31H36N2O6/c1-20-25(14-21-15-28(36-5)31(29(16-21)37-6)39-13-11-33(2)3)24-10-9-22(35-4)17-27(24)26(20)18-30(34)32-19-23-8-7-12-38-23/h7-10,12,14-17H,11,13,18-19H2,1-6H3,(H,32,34)/b25-14-. The van der Waals surface area contributed by atoms with E-state index in [0.717, 1.165) is 45.7 Å². The molecule has 1 aliphatic rings. The summed E-state index contributed by atoms with van der Waals surface area (Å²) in [5.41, 5.74) is 5.90. The highest BCUT2D eigenvalue weighted by Crippen LogP contribution is 2.46. The molecule has 0 saturated carbocycles. The highest BCUT2D eigenvalue weighted by molar-refractivity contribution is 6.08. The number of benzene rings is 2. The van der Waals surface area contributed by atoms with Crippen LogP contribution in [0.25, 0.3) is 17.2 Å². The number of fused-ring (bicyclic) bond motifs is 1. The minimum absolute atomic E-state index is 0.0849. The molecular weight excluding hydrogens is 496 g/mol. The summed E-state index contributed by atoms with van der Waals surface area (Å²) in [7, 11) is 8.86. The highest BCUT2D eigenvalue weighted by Gasteiger charge is 2.26. The number of allylic oxidation sites excluding steroid dienone is 2.